The molecule has 0 bridgehead atoms. The average molecular weight is 265 g/mol. The third kappa shape index (κ3) is 2.61. The van der Waals surface area contributed by atoms with Crippen LogP contribution in [0.25, 0.3) is 11.3 Å². The van der Waals surface area contributed by atoms with Gasteiger partial charge in [0.05, 0.1) is 11.9 Å². The number of benzene rings is 1. The number of aliphatic hydroxyl groups excluding tert-OH is 2. The molecule has 0 saturated carbocycles. The zero-order valence-corrected chi connectivity index (χ0v) is 9.75. The van der Waals surface area contributed by atoms with E-state index in [0.29, 0.717) is 11.3 Å². The summed E-state index contributed by atoms with van der Waals surface area (Å²) in [5, 5.41) is 25.6. The first-order valence-electron chi connectivity index (χ1n) is 5.45. The molecule has 5 N–H and O–H groups in total. The Balaban J connectivity index is 2.40. The Morgan fingerprint density at radius 1 is 1.42 bits per heavy atom. The Morgan fingerprint density at radius 3 is 2.79 bits per heavy atom. The van der Waals surface area contributed by atoms with E-state index in [0.717, 1.165) is 0 Å². The molecule has 1 aromatic carbocycles. The van der Waals surface area contributed by atoms with E-state index >= 15 is 0 Å². The van der Waals surface area contributed by atoms with Gasteiger partial charge in [-0.1, -0.05) is 12.1 Å². The Bertz CT molecular complexity index is 599. The van der Waals surface area contributed by atoms with Crippen molar-refractivity contribution in [2.45, 2.75) is 12.2 Å². The molecule has 100 valence electrons. The Labute approximate surface area is 107 Å². The second kappa shape index (κ2) is 5.17. The highest BCUT2D eigenvalue weighted by Crippen LogP contribution is 2.28. The third-order valence-electron chi connectivity index (χ3n) is 2.69. The summed E-state index contributed by atoms with van der Waals surface area (Å²) in [7, 11) is 0. The molecule has 19 heavy (non-hydrogen) atoms. The van der Waals surface area contributed by atoms with Crippen LogP contribution in [-0.4, -0.2) is 32.4 Å². The number of halogens is 1. The average Bonchev–Trinajstić information content (AvgIpc) is 2.86. The number of aromatic nitrogens is 2. The molecule has 0 aliphatic carbocycles. The lowest BCUT2D eigenvalue weighted by Gasteiger charge is -2.15. The van der Waals surface area contributed by atoms with Crippen molar-refractivity contribution in [3.8, 4) is 11.3 Å². The monoisotopic (exact) mass is 265 g/mol. The van der Waals surface area contributed by atoms with Crippen molar-refractivity contribution in [2.75, 3.05) is 0 Å². The van der Waals surface area contributed by atoms with Crippen LogP contribution in [0.15, 0.2) is 30.5 Å². The van der Waals surface area contributed by atoms with Crippen LogP contribution in [0.4, 0.5) is 4.39 Å². The molecule has 2 unspecified atom stereocenters. The van der Waals surface area contributed by atoms with Crippen molar-refractivity contribution < 1.29 is 19.4 Å². The van der Waals surface area contributed by atoms with Crippen molar-refractivity contribution >= 4 is 5.91 Å². The molecule has 2 aromatic rings. The first-order valence-corrected chi connectivity index (χ1v) is 5.45. The lowest BCUT2D eigenvalue weighted by atomic mass is 10.0. The molecule has 0 radical (unpaired) electrons. The Morgan fingerprint density at radius 2 is 2.16 bits per heavy atom. The SMILES string of the molecule is NC(=O)C(O)C(O)c1cn[nH]c1-c1cccc(F)c1. The first kappa shape index (κ1) is 13.2. The lowest BCUT2D eigenvalue weighted by molar-refractivity contribution is -0.131. The number of aromatic amines is 1. The van der Waals surface area contributed by atoms with E-state index in [1.165, 1.54) is 24.4 Å². The van der Waals surface area contributed by atoms with Crippen LogP contribution in [-0.2, 0) is 4.79 Å². The van der Waals surface area contributed by atoms with Gasteiger partial charge in [-0.3, -0.25) is 9.89 Å². The number of rotatable bonds is 4. The van der Waals surface area contributed by atoms with Gasteiger partial charge in [0.1, 0.15) is 11.9 Å². The number of nitrogens with one attached hydrogen (secondary N) is 1. The molecule has 0 saturated heterocycles. The molecule has 1 heterocycles. The van der Waals surface area contributed by atoms with E-state index in [9.17, 15) is 19.4 Å². The first-order chi connectivity index (χ1) is 9.00. The van der Waals surface area contributed by atoms with Crippen molar-refractivity contribution in [1.29, 1.82) is 0 Å². The fraction of sp³-hybridized carbons (Fsp3) is 0.167. The van der Waals surface area contributed by atoms with E-state index in [2.05, 4.69) is 10.2 Å². The number of aliphatic hydroxyl groups is 2. The largest absolute Gasteiger partial charge is 0.385 e. The summed E-state index contributed by atoms with van der Waals surface area (Å²) in [5.41, 5.74) is 5.83. The van der Waals surface area contributed by atoms with Crippen LogP contribution in [0.1, 0.15) is 11.7 Å². The van der Waals surface area contributed by atoms with Crippen LogP contribution in [0.5, 0.6) is 0 Å². The second-order valence-corrected chi connectivity index (χ2v) is 4.00. The number of nitrogens with zero attached hydrogens (tertiary/aromatic N) is 1. The normalized spacial score (nSPS) is 14.1. The molecule has 0 aliphatic rings. The van der Waals surface area contributed by atoms with Crippen LogP contribution >= 0.6 is 0 Å². The predicted molar refractivity (Wildman–Crippen MR) is 64.1 cm³/mol. The van der Waals surface area contributed by atoms with Crippen LogP contribution in [0.3, 0.4) is 0 Å². The minimum atomic E-state index is -1.76. The second-order valence-electron chi connectivity index (χ2n) is 4.00. The summed E-state index contributed by atoms with van der Waals surface area (Å²) >= 11 is 0. The molecule has 1 aromatic heterocycles. The van der Waals surface area contributed by atoms with Gasteiger partial charge in [-0.25, -0.2) is 4.39 Å². The molecule has 7 heteroatoms. The van der Waals surface area contributed by atoms with Gasteiger partial charge in [0, 0.05) is 11.1 Å². The molecular weight excluding hydrogens is 253 g/mol. The number of H-pyrrole nitrogens is 1. The van der Waals surface area contributed by atoms with E-state index in [4.69, 9.17) is 5.73 Å². The topological polar surface area (TPSA) is 112 Å². The Kier molecular flexibility index (Phi) is 3.59. The van der Waals surface area contributed by atoms with E-state index in [1.807, 2.05) is 0 Å². The highest BCUT2D eigenvalue weighted by molar-refractivity contribution is 5.80. The number of hydrogen-bond donors (Lipinski definition) is 4. The highest BCUT2D eigenvalue weighted by atomic mass is 19.1. The molecule has 1 amide bonds. The minimum Gasteiger partial charge on any atom is -0.385 e. The van der Waals surface area contributed by atoms with Gasteiger partial charge in [0.25, 0.3) is 0 Å². The maximum atomic E-state index is 13.2. The van der Waals surface area contributed by atoms with Crippen LogP contribution in [0, 0.1) is 5.82 Å². The van der Waals surface area contributed by atoms with Gasteiger partial charge in [0.15, 0.2) is 6.10 Å². The molecule has 0 aliphatic heterocycles. The fourth-order valence-corrected chi connectivity index (χ4v) is 1.72. The van der Waals surface area contributed by atoms with Crippen molar-refractivity contribution in [1.82, 2.24) is 10.2 Å². The molecule has 2 atom stereocenters. The summed E-state index contributed by atoms with van der Waals surface area (Å²) in [6.07, 6.45) is -2.05. The van der Waals surface area contributed by atoms with E-state index in [-0.39, 0.29) is 5.56 Å². The maximum Gasteiger partial charge on any atom is 0.249 e. The summed E-state index contributed by atoms with van der Waals surface area (Å²) in [4.78, 5) is 10.9. The van der Waals surface area contributed by atoms with Gasteiger partial charge in [-0.2, -0.15) is 5.10 Å². The zero-order chi connectivity index (χ0) is 14.0. The summed E-state index contributed by atoms with van der Waals surface area (Å²) in [6.45, 7) is 0. The minimum absolute atomic E-state index is 0.164. The highest BCUT2D eigenvalue weighted by Gasteiger charge is 2.27. The number of amides is 1. The molecule has 0 spiro atoms. The number of primary amides is 1. The van der Waals surface area contributed by atoms with Gasteiger partial charge in [0.2, 0.25) is 5.91 Å². The maximum absolute atomic E-state index is 13.2. The lowest BCUT2D eigenvalue weighted by Crippen LogP contribution is -2.33. The standard InChI is InChI=1S/C12H12FN3O3/c13-7-3-1-2-6(4-7)9-8(5-15-16-9)10(17)11(18)12(14)19/h1-5,10-11,17-18H,(H2,14,19)(H,15,16). The number of nitrogens with two attached hydrogens (primary N) is 1. The predicted octanol–water partition coefficient (Wildman–Crippen LogP) is 0.0954. The van der Waals surface area contributed by atoms with Gasteiger partial charge >= 0.3 is 0 Å². The number of carbonyl (C=O) groups is 1. The fourth-order valence-electron chi connectivity index (χ4n) is 1.72. The third-order valence-corrected chi connectivity index (χ3v) is 2.69. The van der Waals surface area contributed by atoms with Crippen LogP contribution in [0.2, 0.25) is 0 Å². The number of carbonyl (C=O) groups excluding carboxylic acids is 1. The molecule has 2 rings (SSSR count). The van der Waals surface area contributed by atoms with Gasteiger partial charge in [-0.05, 0) is 12.1 Å². The van der Waals surface area contributed by atoms with Gasteiger partial charge in [-0.15, -0.1) is 0 Å². The van der Waals surface area contributed by atoms with Crippen molar-refractivity contribution in [3.63, 3.8) is 0 Å². The van der Waals surface area contributed by atoms with Gasteiger partial charge < -0.3 is 15.9 Å². The van der Waals surface area contributed by atoms with Crippen molar-refractivity contribution in [2.24, 2.45) is 5.73 Å². The molecular formula is C12H12FN3O3. The molecule has 0 fully saturated rings. The van der Waals surface area contributed by atoms with Crippen molar-refractivity contribution in [3.05, 3.63) is 41.8 Å². The van der Waals surface area contributed by atoms with E-state index < -0.39 is 23.9 Å². The Hall–Kier alpha value is -2.25. The number of hydrogen-bond acceptors (Lipinski definition) is 4. The molecule has 6 nitrogen and oxygen atoms in total. The summed E-state index contributed by atoms with van der Waals surface area (Å²) in [6, 6.07) is 5.60. The van der Waals surface area contributed by atoms with Crippen LogP contribution < -0.4 is 5.73 Å². The van der Waals surface area contributed by atoms with E-state index in [1.54, 1.807) is 6.07 Å². The summed E-state index contributed by atoms with van der Waals surface area (Å²) in [5.74, 6) is -1.51. The quantitative estimate of drug-likeness (QED) is 0.627. The summed E-state index contributed by atoms with van der Waals surface area (Å²) < 4.78 is 13.2. The zero-order valence-electron chi connectivity index (χ0n) is 9.75. The smallest absolute Gasteiger partial charge is 0.249 e.